The van der Waals surface area contributed by atoms with Gasteiger partial charge >= 0.3 is 11.9 Å². The van der Waals surface area contributed by atoms with Gasteiger partial charge < -0.3 is 14.6 Å². The Balaban J connectivity index is 2.14. The lowest BCUT2D eigenvalue weighted by molar-refractivity contribution is 0.0726. The largest absolute Gasteiger partial charge is 0.507 e. The minimum atomic E-state index is -0.522. The van der Waals surface area contributed by atoms with Crippen LogP contribution in [0.1, 0.15) is 111 Å². The molecule has 0 spiro atoms. The molecule has 0 atom stereocenters. The molecule has 0 fully saturated rings. The maximum absolute atomic E-state index is 13.6. The smallest absolute Gasteiger partial charge is 0.343 e. The molecule has 0 bridgehead atoms. The maximum atomic E-state index is 13.6. The molecule has 5 nitrogen and oxygen atoms in total. The van der Waals surface area contributed by atoms with Crippen LogP contribution < -0.4 is 9.47 Å². The van der Waals surface area contributed by atoms with Crippen LogP contribution in [0.4, 0.5) is 0 Å². The van der Waals surface area contributed by atoms with Gasteiger partial charge in [-0.15, -0.1) is 0 Å². The number of aromatic hydroxyl groups is 1. The van der Waals surface area contributed by atoms with E-state index in [1.807, 2.05) is 65.8 Å². The van der Waals surface area contributed by atoms with E-state index in [0.29, 0.717) is 33.8 Å². The van der Waals surface area contributed by atoms with Crippen molar-refractivity contribution in [2.75, 3.05) is 0 Å². The Hall–Kier alpha value is -3.60. The Labute approximate surface area is 233 Å². The van der Waals surface area contributed by atoms with E-state index in [4.69, 9.17) is 9.47 Å². The van der Waals surface area contributed by atoms with Gasteiger partial charge in [-0.3, -0.25) is 0 Å². The van der Waals surface area contributed by atoms with Gasteiger partial charge in [0.15, 0.2) is 0 Å². The van der Waals surface area contributed by atoms with Crippen molar-refractivity contribution in [2.45, 2.75) is 92.4 Å². The average Bonchev–Trinajstić information content (AvgIpc) is 2.80. The zero-order valence-corrected chi connectivity index (χ0v) is 25.2. The molecule has 0 radical (unpaired) electrons. The fourth-order valence-corrected chi connectivity index (χ4v) is 4.53. The second kappa shape index (κ2) is 10.5. The van der Waals surface area contributed by atoms with Crippen molar-refractivity contribution < 1.29 is 24.2 Å². The third kappa shape index (κ3) is 6.70. The monoisotopic (exact) mass is 530 g/mol. The molecule has 39 heavy (non-hydrogen) atoms. The zero-order valence-electron chi connectivity index (χ0n) is 25.2. The summed E-state index contributed by atoms with van der Waals surface area (Å²) in [6.45, 7) is 21.8. The summed E-state index contributed by atoms with van der Waals surface area (Å²) >= 11 is 0. The number of phenolic OH excluding ortho intramolecular Hbond substituents is 1. The molecule has 0 saturated carbocycles. The summed E-state index contributed by atoms with van der Waals surface area (Å²) in [5.74, 6) is 0.137. The van der Waals surface area contributed by atoms with Crippen molar-refractivity contribution in [1.82, 2.24) is 0 Å². The van der Waals surface area contributed by atoms with Gasteiger partial charge in [0.25, 0.3) is 0 Å². The summed E-state index contributed by atoms with van der Waals surface area (Å²) in [6.07, 6.45) is 0. The first-order chi connectivity index (χ1) is 17.8. The molecule has 0 saturated heterocycles. The topological polar surface area (TPSA) is 72.8 Å². The first-order valence-corrected chi connectivity index (χ1v) is 13.3. The number of carbonyl (C=O) groups excluding carboxylic acids is 2. The molecule has 0 aromatic heterocycles. The lowest BCUT2D eigenvalue weighted by Crippen LogP contribution is -2.24. The molecular formula is C34H42O5. The Morgan fingerprint density at radius 3 is 1.49 bits per heavy atom. The lowest BCUT2D eigenvalue weighted by Gasteiger charge is -2.30. The van der Waals surface area contributed by atoms with Gasteiger partial charge in [-0.2, -0.15) is 0 Å². The van der Waals surface area contributed by atoms with Crippen LogP contribution in [0.5, 0.6) is 17.2 Å². The fraction of sp³-hybridized carbons (Fsp3) is 0.412. The van der Waals surface area contributed by atoms with Crippen LogP contribution in [-0.2, 0) is 16.2 Å². The normalized spacial score (nSPS) is 12.3. The van der Waals surface area contributed by atoms with Gasteiger partial charge in [-0.25, -0.2) is 9.59 Å². The van der Waals surface area contributed by atoms with E-state index < -0.39 is 22.8 Å². The summed E-state index contributed by atoms with van der Waals surface area (Å²) in [6, 6.07) is 14.4. The number of phenols is 1. The second-order valence-electron chi connectivity index (χ2n) is 13.4. The van der Waals surface area contributed by atoms with E-state index in [0.717, 1.165) is 16.7 Å². The van der Waals surface area contributed by atoms with Gasteiger partial charge in [0.05, 0.1) is 11.1 Å². The molecule has 1 N–H and O–H groups in total. The Kier molecular flexibility index (Phi) is 8.08. The lowest BCUT2D eigenvalue weighted by atomic mass is 9.78. The highest BCUT2D eigenvalue weighted by Crippen LogP contribution is 2.42. The predicted octanol–water partition coefficient (Wildman–Crippen LogP) is 8.34. The van der Waals surface area contributed by atoms with E-state index in [2.05, 4.69) is 20.8 Å². The molecule has 0 aliphatic rings. The number of hydrogen-bond acceptors (Lipinski definition) is 5. The number of hydrogen-bond donors (Lipinski definition) is 1. The molecule has 5 heteroatoms. The summed E-state index contributed by atoms with van der Waals surface area (Å²) in [7, 11) is 0. The second-order valence-corrected chi connectivity index (χ2v) is 13.4. The average molecular weight is 531 g/mol. The van der Waals surface area contributed by atoms with Crippen LogP contribution in [0.25, 0.3) is 0 Å². The number of para-hydroxylation sites is 1. The van der Waals surface area contributed by atoms with Crippen molar-refractivity contribution >= 4 is 11.9 Å². The van der Waals surface area contributed by atoms with Gasteiger partial charge in [0.2, 0.25) is 0 Å². The van der Waals surface area contributed by atoms with Crippen molar-refractivity contribution in [3.8, 4) is 17.2 Å². The van der Waals surface area contributed by atoms with Crippen LogP contribution in [0.2, 0.25) is 0 Å². The SMILES string of the molecule is Cc1cc(C(=O)Oc2c(C(C)(C)C)cc(C(=O)Oc3ccccc3C(C)(C)C)cc2C(C)(C)C)cc(C)c1O. The minimum Gasteiger partial charge on any atom is -0.507 e. The number of esters is 2. The van der Waals surface area contributed by atoms with E-state index in [9.17, 15) is 14.7 Å². The zero-order chi connectivity index (χ0) is 29.5. The molecule has 3 rings (SSSR count). The standard InChI is InChI=1S/C34H42O5/c1-20-16-22(17-21(2)28(20)35)31(37)39-29-25(33(6,7)8)18-23(19-26(29)34(9,10)11)30(36)38-27-15-13-12-14-24(27)32(3,4)5/h12-19,35H,1-11H3. The molecular weight excluding hydrogens is 488 g/mol. The van der Waals surface area contributed by atoms with E-state index >= 15 is 0 Å². The molecule has 0 heterocycles. The van der Waals surface area contributed by atoms with Crippen LogP contribution in [0.3, 0.4) is 0 Å². The third-order valence-electron chi connectivity index (χ3n) is 6.76. The van der Waals surface area contributed by atoms with Gasteiger partial charge in [0.1, 0.15) is 17.2 Å². The summed E-state index contributed by atoms with van der Waals surface area (Å²) in [5.41, 5.74) is 3.24. The van der Waals surface area contributed by atoms with Crippen molar-refractivity contribution in [3.05, 3.63) is 87.5 Å². The number of benzene rings is 3. The number of carbonyl (C=O) groups is 2. The molecule has 0 aliphatic heterocycles. The van der Waals surface area contributed by atoms with Crippen LogP contribution in [-0.4, -0.2) is 17.0 Å². The fourth-order valence-electron chi connectivity index (χ4n) is 4.53. The van der Waals surface area contributed by atoms with E-state index in [1.165, 1.54) is 0 Å². The van der Waals surface area contributed by atoms with E-state index in [1.54, 1.807) is 38.1 Å². The number of rotatable bonds is 4. The molecule has 0 aliphatic carbocycles. The molecule has 3 aromatic carbocycles. The summed E-state index contributed by atoms with van der Waals surface area (Å²) in [5, 5.41) is 10.2. The van der Waals surface area contributed by atoms with Crippen LogP contribution >= 0.6 is 0 Å². The quantitative estimate of drug-likeness (QED) is 0.271. The first-order valence-electron chi connectivity index (χ1n) is 13.3. The van der Waals surface area contributed by atoms with Crippen molar-refractivity contribution in [2.24, 2.45) is 0 Å². The maximum Gasteiger partial charge on any atom is 0.343 e. The summed E-state index contributed by atoms with van der Waals surface area (Å²) in [4.78, 5) is 26.9. The number of ether oxygens (including phenoxy) is 2. The van der Waals surface area contributed by atoms with Crippen LogP contribution in [0.15, 0.2) is 48.5 Å². The van der Waals surface area contributed by atoms with E-state index in [-0.39, 0.29) is 11.2 Å². The highest BCUT2D eigenvalue weighted by atomic mass is 16.5. The van der Waals surface area contributed by atoms with Gasteiger partial charge in [-0.1, -0.05) is 80.5 Å². The number of aryl methyl sites for hydroxylation is 2. The van der Waals surface area contributed by atoms with Crippen molar-refractivity contribution in [3.63, 3.8) is 0 Å². The predicted molar refractivity (Wildman–Crippen MR) is 156 cm³/mol. The van der Waals surface area contributed by atoms with Crippen molar-refractivity contribution in [1.29, 1.82) is 0 Å². The molecule has 3 aromatic rings. The Morgan fingerprint density at radius 1 is 0.615 bits per heavy atom. The van der Waals surface area contributed by atoms with Crippen LogP contribution in [0, 0.1) is 13.8 Å². The Morgan fingerprint density at radius 2 is 1.03 bits per heavy atom. The van der Waals surface area contributed by atoms with Gasteiger partial charge in [-0.05, 0) is 71.6 Å². The minimum absolute atomic E-state index is 0.160. The summed E-state index contributed by atoms with van der Waals surface area (Å²) < 4.78 is 12.1. The molecule has 0 unspecified atom stereocenters. The Bertz CT molecular complexity index is 1350. The van der Waals surface area contributed by atoms with Gasteiger partial charge in [0, 0.05) is 16.7 Å². The highest BCUT2D eigenvalue weighted by molar-refractivity contribution is 5.94. The molecule has 0 amide bonds. The highest BCUT2D eigenvalue weighted by Gasteiger charge is 2.31. The third-order valence-corrected chi connectivity index (χ3v) is 6.76. The molecule has 208 valence electrons. The first kappa shape index (κ1) is 29.9.